The lowest BCUT2D eigenvalue weighted by molar-refractivity contribution is -0.0864. The lowest BCUT2D eigenvalue weighted by Gasteiger charge is -2.40. The summed E-state index contributed by atoms with van der Waals surface area (Å²) in [5.74, 6) is 0.110. The van der Waals surface area contributed by atoms with Gasteiger partial charge in [0.05, 0.1) is 5.60 Å². The van der Waals surface area contributed by atoms with Crippen LogP contribution in [0.5, 0.6) is 0 Å². The topological polar surface area (TPSA) is 38.3 Å². The van der Waals surface area contributed by atoms with Crippen molar-refractivity contribution < 1.29 is 9.53 Å². The summed E-state index contributed by atoms with van der Waals surface area (Å²) in [6.07, 6.45) is 4.21. The Hall–Kier alpha value is -1.35. The molecule has 0 bridgehead atoms. The first-order chi connectivity index (χ1) is 9.58. The maximum Gasteiger partial charge on any atom is 0.159 e. The van der Waals surface area contributed by atoms with Crippen molar-refractivity contribution in [2.45, 2.75) is 58.1 Å². The van der Waals surface area contributed by atoms with E-state index in [1.807, 2.05) is 24.3 Å². The molecule has 3 nitrogen and oxygen atoms in total. The smallest absolute Gasteiger partial charge is 0.159 e. The molecule has 1 fully saturated rings. The molecule has 20 heavy (non-hydrogen) atoms. The normalized spacial score (nSPS) is 21.4. The predicted molar refractivity (Wildman–Crippen MR) is 82.4 cm³/mol. The second kappa shape index (κ2) is 6.40. The first-order valence-corrected chi connectivity index (χ1v) is 7.60. The standard InChI is InChI=1S/C17H25NO2/c1-4-17(5-2)12-16(10-11-20-17)18-15-8-6-14(7-9-15)13(3)19/h6-9,16,18H,4-5,10-12H2,1-3H3. The van der Waals surface area contributed by atoms with E-state index in [0.717, 1.165) is 43.5 Å². The third kappa shape index (κ3) is 3.40. The fourth-order valence-electron chi connectivity index (χ4n) is 2.93. The summed E-state index contributed by atoms with van der Waals surface area (Å²) >= 11 is 0. The molecule has 1 atom stereocenters. The number of hydrogen-bond acceptors (Lipinski definition) is 3. The van der Waals surface area contributed by atoms with E-state index in [-0.39, 0.29) is 11.4 Å². The van der Waals surface area contributed by atoms with Crippen molar-refractivity contribution in [2.75, 3.05) is 11.9 Å². The van der Waals surface area contributed by atoms with Gasteiger partial charge in [-0.25, -0.2) is 0 Å². The summed E-state index contributed by atoms with van der Waals surface area (Å²) in [4.78, 5) is 11.3. The van der Waals surface area contributed by atoms with Crippen LogP contribution in [-0.2, 0) is 4.74 Å². The molecule has 1 aliphatic rings. The number of hydrogen-bond donors (Lipinski definition) is 1. The van der Waals surface area contributed by atoms with E-state index in [2.05, 4.69) is 19.2 Å². The number of benzene rings is 1. The number of carbonyl (C=O) groups excluding carboxylic acids is 1. The lowest BCUT2D eigenvalue weighted by atomic mass is 9.86. The largest absolute Gasteiger partial charge is 0.382 e. The third-order valence-corrected chi connectivity index (χ3v) is 4.44. The Morgan fingerprint density at radius 3 is 2.50 bits per heavy atom. The van der Waals surface area contributed by atoms with Crippen LogP contribution in [0, 0.1) is 0 Å². The van der Waals surface area contributed by atoms with Gasteiger partial charge in [0.25, 0.3) is 0 Å². The molecule has 3 heteroatoms. The number of ketones is 1. The van der Waals surface area contributed by atoms with Crippen LogP contribution in [-0.4, -0.2) is 24.0 Å². The summed E-state index contributed by atoms with van der Waals surface area (Å²) in [6.45, 7) is 6.82. The molecular formula is C17H25NO2. The molecule has 1 aromatic carbocycles. The molecule has 0 aliphatic carbocycles. The number of anilines is 1. The molecule has 1 saturated heterocycles. The number of rotatable bonds is 5. The summed E-state index contributed by atoms with van der Waals surface area (Å²) in [7, 11) is 0. The highest BCUT2D eigenvalue weighted by atomic mass is 16.5. The third-order valence-electron chi connectivity index (χ3n) is 4.44. The number of ether oxygens (including phenoxy) is 1. The Balaban J connectivity index is 2.00. The van der Waals surface area contributed by atoms with E-state index in [1.165, 1.54) is 0 Å². The van der Waals surface area contributed by atoms with E-state index in [1.54, 1.807) is 6.92 Å². The van der Waals surface area contributed by atoms with Gasteiger partial charge in [-0.15, -0.1) is 0 Å². The fourth-order valence-corrected chi connectivity index (χ4v) is 2.93. The minimum atomic E-state index is 0.0369. The van der Waals surface area contributed by atoms with Crippen LogP contribution in [0.15, 0.2) is 24.3 Å². The van der Waals surface area contributed by atoms with Gasteiger partial charge < -0.3 is 10.1 Å². The molecule has 1 aliphatic heterocycles. The van der Waals surface area contributed by atoms with E-state index < -0.39 is 0 Å². The highest BCUT2D eigenvalue weighted by molar-refractivity contribution is 5.94. The van der Waals surface area contributed by atoms with Gasteiger partial charge in [-0.2, -0.15) is 0 Å². The first-order valence-electron chi connectivity index (χ1n) is 7.60. The van der Waals surface area contributed by atoms with Crippen LogP contribution in [0.3, 0.4) is 0 Å². The van der Waals surface area contributed by atoms with Crippen molar-refractivity contribution >= 4 is 11.5 Å². The molecule has 110 valence electrons. The van der Waals surface area contributed by atoms with Gasteiger partial charge in [-0.3, -0.25) is 4.79 Å². The van der Waals surface area contributed by atoms with E-state index >= 15 is 0 Å². The molecule has 0 amide bonds. The molecule has 0 spiro atoms. The minimum Gasteiger partial charge on any atom is -0.382 e. The number of carbonyl (C=O) groups is 1. The fraction of sp³-hybridized carbons (Fsp3) is 0.588. The number of Topliss-reactive ketones (excluding diaryl/α,β-unsaturated/α-hetero) is 1. The van der Waals surface area contributed by atoms with Crippen molar-refractivity contribution in [3.63, 3.8) is 0 Å². The van der Waals surface area contributed by atoms with E-state index in [4.69, 9.17) is 4.74 Å². The summed E-state index contributed by atoms with van der Waals surface area (Å²) in [6, 6.07) is 8.21. The summed E-state index contributed by atoms with van der Waals surface area (Å²) in [5, 5.41) is 3.58. The van der Waals surface area contributed by atoms with Gasteiger partial charge in [0.15, 0.2) is 5.78 Å². The second-order valence-electron chi connectivity index (χ2n) is 5.71. The van der Waals surface area contributed by atoms with Crippen molar-refractivity contribution in [3.05, 3.63) is 29.8 Å². The van der Waals surface area contributed by atoms with Crippen LogP contribution in [0.1, 0.15) is 56.8 Å². The Labute approximate surface area is 121 Å². The summed E-state index contributed by atoms with van der Waals surface area (Å²) < 4.78 is 6.00. The SMILES string of the molecule is CCC1(CC)CC(Nc2ccc(C(C)=O)cc2)CCO1. The van der Waals surface area contributed by atoms with Gasteiger partial charge in [0.1, 0.15) is 0 Å². The molecule has 0 radical (unpaired) electrons. The molecule has 2 rings (SSSR count). The Kier molecular flexibility index (Phi) is 4.81. The average molecular weight is 275 g/mol. The second-order valence-corrected chi connectivity index (χ2v) is 5.71. The highest BCUT2D eigenvalue weighted by Gasteiger charge is 2.34. The quantitative estimate of drug-likeness (QED) is 0.824. The Morgan fingerprint density at radius 2 is 1.95 bits per heavy atom. The van der Waals surface area contributed by atoms with Crippen molar-refractivity contribution in [3.8, 4) is 0 Å². The van der Waals surface area contributed by atoms with Gasteiger partial charge in [0.2, 0.25) is 0 Å². The Morgan fingerprint density at radius 1 is 1.30 bits per heavy atom. The molecule has 1 N–H and O–H groups in total. The van der Waals surface area contributed by atoms with Crippen molar-refractivity contribution in [1.82, 2.24) is 0 Å². The highest BCUT2D eigenvalue weighted by Crippen LogP contribution is 2.32. The maximum absolute atomic E-state index is 11.3. The van der Waals surface area contributed by atoms with E-state index in [9.17, 15) is 4.79 Å². The Bertz CT molecular complexity index is 449. The minimum absolute atomic E-state index is 0.0369. The summed E-state index contributed by atoms with van der Waals surface area (Å²) in [5.41, 5.74) is 1.89. The van der Waals surface area contributed by atoms with Crippen LogP contribution in [0.25, 0.3) is 0 Å². The van der Waals surface area contributed by atoms with Crippen molar-refractivity contribution in [1.29, 1.82) is 0 Å². The zero-order chi connectivity index (χ0) is 14.6. The van der Waals surface area contributed by atoms with E-state index in [0.29, 0.717) is 6.04 Å². The number of nitrogens with one attached hydrogen (secondary N) is 1. The zero-order valence-corrected chi connectivity index (χ0v) is 12.7. The van der Waals surface area contributed by atoms with Gasteiger partial charge in [0, 0.05) is 23.9 Å². The van der Waals surface area contributed by atoms with Crippen LogP contribution in [0.4, 0.5) is 5.69 Å². The maximum atomic E-state index is 11.3. The molecule has 0 saturated carbocycles. The lowest BCUT2D eigenvalue weighted by Crippen LogP contribution is -2.43. The van der Waals surface area contributed by atoms with Crippen LogP contribution < -0.4 is 5.32 Å². The van der Waals surface area contributed by atoms with Crippen LogP contribution >= 0.6 is 0 Å². The molecule has 1 heterocycles. The van der Waals surface area contributed by atoms with Crippen LogP contribution in [0.2, 0.25) is 0 Å². The molecule has 1 unspecified atom stereocenters. The van der Waals surface area contributed by atoms with Gasteiger partial charge in [-0.05, 0) is 56.9 Å². The monoisotopic (exact) mass is 275 g/mol. The average Bonchev–Trinajstić information content (AvgIpc) is 2.48. The molecular weight excluding hydrogens is 250 g/mol. The van der Waals surface area contributed by atoms with Crippen molar-refractivity contribution in [2.24, 2.45) is 0 Å². The predicted octanol–water partition coefficient (Wildman–Crippen LogP) is 4.04. The zero-order valence-electron chi connectivity index (χ0n) is 12.7. The van der Waals surface area contributed by atoms with Gasteiger partial charge >= 0.3 is 0 Å². The molecule has 0 aromatic heterocycles. The van der Waals surface area contributed by atoms with Gasteiger partial charge in [-0.1, -0.05) is 13.8 Å². The molecule has 1 aromatic rings. The first kappa shape index (κ1) is 15.0.